The molecule has 1 N–H and O–H groups in total. The van der Waals surface area contributed by atoms with Crippen LogP contribution in [0.3, 0.4) is 0 Å². The van der Waals surface area contributed by atoms with Crippen LogP contribution in [0.15, 0.2) is 42.5 Å². The van der Waals surface area contributed by atoms with Gasteiger partial charge in [-0.1, -0.05) is 29.8 Å². The highest BCUT2D eigenvalue weighted by Gasteiger charge is 2.25. The lowest BCUT2D eigenvalue weighted by atomic mass is 10.1. The van der Waals surface area contributed by atoms with Gasteiger partial charge in [0, 0.05) is 13.1 Å². The standard InChI is InChI=1S/C16H12ClNO4/c17-14-4-2-1-3-13(14)15(19)18-8-10-5-6-12(22-16(20)21)7-11(10)9-18/h1-7H,8-9H2,(H,20,21). The van der Waals surface area contributed by atoms with Gasteiger partial charge in [-0.25, -0.2) is 4.79 Å². The van der Waals surface area contributed by atoms with Crippen molar-refractivity contribution in [3.63, 3.8) is 0 Å². The average molecular weight is 318 g/mol. The van der Waals surface area contributed by atoms with E-state index in [1.165, 1.54) is 0 Å². The van der Waals surface area contributed by atoms with Crippen LogP contribution in [-0.4, -0.2) is 22.1 Å². The Hall–Kier alpha value is -2.53. The molecule has 0 atom stereocenters. The molecule has 0 unspecified atom stereocenters. The molecule has 0 bridgehead atoms. The van der Waals surface area contributed by atoms with Crippen LogP contribution >= 0.6 is 11.6 Å². The van der Waals surface area contributed by atoms with Crippen LogP contribution in [0.2, 0.25) is 5.02 Å². The van der Waals surface area contributed by atoms with E-state index in [1.807, 2.05) is 0 Å². The molecule has 0 fully saturated rings. The number of carbonyl (C=O) groups excluding carboxylic acids is 1. The largest absolute Gasteiger partial charge is 0.511 e. The zero-order chi connectivity index (χ0) is 15.7. The molecule has 1 aliphatic rings. The first-order valence-electron chi connectivity index (χ1n) is 6.61. The molecule has 3 rings (SSSR count). The summed E-state index contributed by atoms with van der Waals surface area (Å²) in [6, 6.07) is 11.9. The molecular formula is C16H12ClNO4. The van der Waals surface area contributed by atoms with Crippen molar-refractivity contribution >= 4 is 23.7 Å². The van der Waals surface area contributed by atoms with Crippen LogP contribution in [0, 0.1) is 0 Å². The Morgan fingerprint density at radius 1 is 1.09 bits per heavy atom. The molecule has 1 amide bonds. The maximum absolute atomic E-state index is 12.5. The van der Waals surface area contributed by atoms with Gasteiger partial charge in [-0.2, -0.15) is 0 Å². The summed E-state index contributed by atoms with van der Waals surface area (Å²) in [5, 5.41) is 9.05. The number of amides is 1. The number of carboxylic acid groups (broad SMARTS) is 1. The maximum atomic E-state index is 12.5. The average Bonchev–Trinajstić information content (AvgIpc) is 2.89. The Bertz CT molecular complexity index is 760. The van der Waals surface area contributed by atoms with Gasteiger partial charge in [0.25, 0.3) is 5.91 Å². The molecule has 2 aromatic carbocycles. The van der Waals surface area contributed by atoms with E-state index in [-0.39, 0.29) is 11.7 Å². The molecule has 0 aliphatic carbocycles. The molecule has 0 aromatic heterocycles. The summed E-state index contributed by atoms with van der Waals surface area (Å²) in [7, 11) is 0. The predicted octanol–water partition coefficient (Wildman–Crippen LogP) is 3.55. The molecule has 1 aliphatic heterocycles. The van der Waals surface area contributed by atoms with E-state index in [0.717, 1.165) is 11.1 Å². The highest BCUT2D eigenvalue weighted by atomic mass is 35.5. The Morgan fingerprint density at radius 3 is 2.55 bits per heavy atom. The van der Waals surface area contributed by atoms with Crippen LogP contribution < -0.4 is 4.74 Å². The number of nitrogens with zero attached hydrogens (tertiary/aromatic N) is 1. The topological polar surface area (TPSA) is 66.8 Å². The van der Waals surface area contributed by atoms with Gasteiger partial charge in [0.05, 0.1) is 10.6 Å². The highest BCUT2D eigenvalue weighted by Crippen LogP contribution is 2.29. The van der Waals surface area contributed by atoms with Gasteiger partial charge in [-0.15, -0.1) is 0 Å². The van der Waals surface area contributed by atoms with E-state index in [0.29, 0.717) is 23.7 Å². The minimum atomic E-state index is -1.36. The van der Waals surface area contributed by atoms with E-state index in [4.69, 9.17) is 16.7 Å². The quantitative estimate of drug-likeness (QED) is 0.679. The van der Waals surface area contributed by atoms with Gasteiger partial charge >= 0.3 is 6.16 Å². The minimum absolute atomic E-state index is 0.150. The fraction of sp³-hybridized carbons (Fsp3) is 0.125. The second-order valence-corrected chi connectivity index (χ2v) is 5.35. The molecular weight excluding hydrogens is 306 g/mol. The van der Waals surface area contributed by atoms with E-state index < -0.39 is 6.16 Å². The smallest absolute Gasteiger partial charge is 0.449 e. The minimum Gasteiger partial charge on any atom is -0.449 e. The van der Waals surface area contributed by atoms with Gasteiger partial charge in [-0.05, 0) is 35.4 Å². The summed E-state index contributed by atoms with van der Waals surface area (Å²) in [6.07, 6.45) is -1.36. The van der Waals surface area contributed by atoms with Gasteiger partial charge in [0.2, 0.25) is 0 Å². The third-order valence-corrected chi connectivity index (χ3v) is 3.83. The Kier molecular flexibility index (Phi) is 3.73. The van der Waals surface area contributed by atoms with Crippen LogP contribution in [0.5, 0.6) is 5.75 Å². The first-order chi connectivity index (χ1) is 10.5. The molecule has 0 radical (unpaired) electrons. The number of halogens is 1. The normalized spacial score (nSPS) is 12.9. The third kappa shape index (κ3) is 2.76. The van der Waals surface area contributed by atoms with Crippen molar-refractivity contribution in [1.29, 1.82) is 0 Å². The van der Waals surface area contributed by atoms with E-state index >= 15 is 0 Å². The molecule has 112 valence electrons. The van der Waals surface area contributed by atoms with Crippen LogP contribution in [0.1, 0.15) is 21.5 Å². The predicted molar refractivity (Wildman–Crippen MR) is 80.1 cm³/mol. The zero-order valence-electron chi connectivity index (χ0n) is 11.5. The lowest BCUT2D eigenvalue weighted by molar-refractivity contribution is 0.0751. The number of hydrogen-bond donors (Lipinski definition) is 1. The first-order valence-corrected chi connectivity index (χ1v) is 6.99. The monoisotopic (exact) mass is 317 g/mol. The zero-order valence-corrected chi connectivity index (χ0v) is 12.2. The summed E-state index contributed by atoms with van der Waals surface area (Å²) in [6.45, 7) is 0.864. The van der Waals surface area contributed by atoms with Crippen molar-refractivity contribution in [2.24, 2.45) is 0 Å². The lowest BCUT2D eigenvalue weighted by Crippen LogP contribution is -2.25. The van der Waals surface area contributed by atoms with Gasteiger partial charge in [0.15, 0.2) is 0 Å². The van der Waals surface area contributed by atoms with Crippen LogP contribution in [0.25, 0.3) is 0 Å². The van der Waals surface area contributed by atoms with Crippen molar-refractivity contribution in [3.05, 3.63) is 64.2 Å². The summed E-state index contributed by atoms with van der Waals surface area (Å²) in [5.41, 5.74) is 2.30. The number of ether oxygens (including phenoxy) is 1. The van der Waals surface area contributed by atoms with Gasteiger partial charge in [-0.3, -0.25) is 4.79 Å². The van der Waals surface area contributed by atoms with Crippen molar-refractivity contribution in [2.75, 3.05) is 0 Å². The van der Waals surface area contributed by atoms with Crippen molar-refractivity contribution in [3.8, 4) is 5.75 Å². The molecule has 5 nitrogen and oxygen atoms in total. The van der Waals surface area contributed by atoms with E-state index in [2.05, 4.69) is 4.74 Å². The molecule has 6 heteroatoms. The van der Waals surface area contributed by atoms with Gasteiger partial charge in [0.1, 0.15) is 5.75 Å². The molecule has 22 heavy (non-hydrogen) atoms. The Labute approximate surface area is 131 Å². The second-order valence-electron chi connectivity index (χ2n) is 4.94. The van der Waals surface area contributed by atoms with E-state index in [1.54, 1.807) is 47.4 Å². The maximum Gasteiger partial charge on any atom is 0.511 e. The Morgan fingerprint density at radius 2 is 1.82 bits per heavy atom. The number of hydrogen-bond acceptors (Lipinski definition) is 3. The second kappa shape index (κ2) is 5.69. The van der Waals surface area contributed by atoms with Crippen LogP contribution in [-0.2, 0) is 13.1 Å². The highest BCUT2D eigenvalue weighted by molar-refractivity contribution is 6.33. The molecule has 1 heterocycles. The van der Waals surface area contributed by atoms with Crippen molar-refractivity contribution in [2.45, 2.75) is 13.1 Å². The molecule has 2 aromatic rings. The molecule has 0 spiro atoms. The van der Waals surface area contributed by atoms with Crippen molar-refractivity contribution < 1.29 is 19.4 Å². The summed E-state index contributed by atoms with van der Waals surface area (Å²) < 4.78 is 4.63. The molecule has 0 saturated carbocycles. The fourth-order valence-corrected chi connectivity index (χ4v) is 2.70. The number of rotatable bonds is 2. The van der Waals surface area contributed by atoms with Gasteiger partial charge < -0.3 is 14.7 Å². The fourth-order valence-electron chi connectivity index (χ4n) is 2.48. The van der Waals surface area contributed by atoms with Crippen LogP contribution in [0.4, 0.5) is 4.79 Å². The van der Waals surface area contributed by atoms with E-state index in [9.17, 15) is 9.59 Å². The summed E-state index contributed by atoms with van der Waals surface area (Å²) in [5.74, 6) is 0.0980. The van der Waals surface area contributed by atoms with Crippen molar-refractivity contribution in [1.82, 2.24) is 4.90 Å². The first kappa shape index (κ1) is 14.4. The lowest BCUT2D eigenvalue weighted by Gasteiger charge is -2.16. The molecule has 0 saturated heterocycles. The summed E-state index contributed by atoms with van der Waals surface area (Å²) >= 11 is 6.06. The number of benzene rings is 2. The SMILES string of the molecule is O=C(O)Oc1ccc2c(c1)CN(C(=O)c1ccccc1Cl)C2. The third-order valence-electron chi connectivity index (χ3n) is 3.50. The Balaban J connectivity index is 1.81. The number of carbonyl (C=O) groups is 2. The number of fused-ring (bicyclic) bond motifs is 1. The summed E-state index contributed by atoms with van der Waals surface area (Å²) in [4.78, 5) is 24.7.